The van der Waals surface area contributed by atoms with Gasteiger partial charge in [0.25, 0.3) is 0 Å². The largest absolute Gasteiger partial charge is 0.434 e. The molecule has 0 saturated heterocycles. The molecule has 1 rings (SSSR count). The predicted molar refractivity (Wildman–Crippen MR) is 55.9 cm³/mol. The van der Waals surface area contributed by atoms with Crippen LogP contribution in [0.4, 0.5) is 0 Å². The van der Waals surface area contributed by atoms with E-state index in [4.69, 9.17) is 16.3 Å². The minimum absolute atomic E-state index is 0.462. The van der Waals surface area contributed by atoms with Crippen molar-refractivity contribution in [2.75, 3.05) is 0 Å². The molecule has 2 nitrogen and oxygen atoms in total. The van der Waals surface area contributed by atoms with Gasteiger partial charge in [0.1, 0.15) is 0 Å². The van der Waals surface area contributed by atoms with Gasteiger partial charge in [-0.15, -0.1) is 11.6 Å². The van der Waals surface area contributed by atoms with Gasteiger partial charge in [-0.25, -0.2) is 4.79 Å². The lowest BCUT2D eigenvalue weighted by atomic mass is 10.1. The first kappa shape index (κ1) is 10.8. The molecule has 0 radical (unpaired) electrons. The van der Waals surface area contributed by atoms with Crippen molar-refractivity contribution in [3.63, 3.8) is 0 Å². The Labute approximate surface area is 88.1 Å². The summed E-state index contributed by atoms with van der Waals surface area (Å²) in [4.78, 5) is 11.3. The van der Waals surface area contributed by atoms with Crippen molar-refractivity contribution in [1.29, 1.82) is 0 Å². The summed E-state index contributed by atoms with van der Waals surface area (Å²) in [6, 6.07) is 9.09. The molecule has 1 atom stereocenters. The van der Waals surface area contributed by atoms with Gasteiger partial charge in [-0.3, -0.25) is 0 Å². The normalized spacial score (nSPS) is 12.7. The van der Waals surface area contributed by atoms with Gasteiger partial charge in [0.2, 0.25) is 0 Å². The van der Waals surface area contributed by atoms with Gasteiger partial charge in [0.15, 0.2) is 5.38 Å². The molecular weight excluding hydrogens is 200 g/mol. The van der Waals surface area contributed by atoms with Crippen molar-refractivity contribution in [1.82, 2.24) is 0 Å². The summed E-state index contributed by atoms with van der Waals surface area (Å²) in [5.74, 6) is -0.462. The minimum atomic E-state index is -0.743. The maximum atomic E-state index is 11.3. The molecule has 0 amide bonds. The number of esters is 1. The fourth-order valence-electron chi connectivity index (χ4n) is 0.953. The molecule has 1 unspecified atom stereocenters. The van der Waals surface area contributed by atoms with Crippen LogP contribution in [0.3, 0.4) is 0 Å². The van der Waals surface area contributed by atoms with Gasteiger partial charge < -0.3 is 4.74 Å². The fraction of sp³-hybridized carbons (Fsp3) is 0.182. The number of hydrogen-bond acceptors (Lipinski definition) is 2. The first-order chi connectivity index (χ1) is 6.75. The molecule has 0 fully saturated rings. The number of alkyl halides is 1. The van der Waals surface area contributed by atoms with E-state index in [1.807, 2.05) is 18.2 Å². The molecule has 0 N–H and O–H groups in total. The van der Waals surface area contributed by atoms with E-state index >= 15 is 0 Å². The number of ether oxygens (including phenoxy) is 1. The van der Waals surface area contributed by atoms with Crippen LogP contribution >= 0.6 is 11.6 Å². The highest BCUT2D eigenvalue weighted by molar-refractivity contribution is 6.30. The summed E-state index contributed by atoms with van der Waals surface area (Å²) < 4.78 is 4.76. The first-order valence-electron chi connectivity index (χ1n) is 4.26. The lowest BCUT2D eigenvalue weighted by Gasteiger charge is -2.06. The molecule has 74 valence electrons. The third-order valence-corrected chi connectivity index (χ3v) is 2.05. The lowest BCUT2D eigenvalue weighted by Crippen LogP contribution is -2.07. The van der Waals surface area contributed by atoms with Crippen molar-refractivity contribution in [3.05, 3.63) is 48.2 Å². The topological polar surface area (TPSA) is 26.3 Å². The summed E-state index contributed by atoms with van der Waals surface area (Å²) in [7, 11) is 0. The van der Waals surface area contributed by atoms with Gasteiger partial charge in [0.05, 0.1) is 6.26 Å². The lowest BCUT2D eigenvalue weighted by molar-refractivity contribution is -0.137. The van der Waals surface area contributed by atoms with E-state index < -0.39 is 11.3 Å². The molecule has 14 heavy (non-hydrogen) atoms. The molecule has 1 aromatic carbocycles. The summed E-state index contributed by atoms with van der Waals surface area (Å²) in [5.41, 5.74) is 0.740. The number of carbonyl (C=O) groups excluding carboxylic acids is 1. The second-order valence-corrected chi connectivity index (χ2v) is 3.12. The Kier molecular flexibility index (Phi) is 4.20. The summed E-state index contributed by atoms with van der Waals surface area (Å²) in [5, 5.41) is -0.743. The van der Waals surface area contributed by atoms with Crippen LogP contribution in [0.2, 0.25) is 0 Å². The van der Waals surface area contributed by atoms with Crippen molar-refractivity contribution in [2.45, 2.75) is 12.3 Å². The Morgan fingerprint density at radius 2 is 2.07 bits per heavy atom. The molecule has 0 aliphatic heterocycles. The monoisotopic (exact) mass is 210 g/mol. The number of carbonyl (C=O) groups is 1. The Hall–Kier alpha value is -1.28. The van der Waals surface area contributed by atoms with Crippen LogP contribution < -0.4 is 0 Å². The van der Waals surface area contributed by atoms with E-state index in [-0.39, 0.29) is 0 Å². The first-order valence-corrected chi connectivity index (χ1v) is 4.70. The van der Waals surface area contributed by atoms with E-state index in [9.17, 15) is 4.79 Å². The van der Waals surface area contributed by atoms with Gasteiger partial charge in [-0.2, -0.15) is 0 Å². The third kappa shape index (κ3) is 2.89. The van der Waals surface area contributed by atoms with Crippen molar-refractivity contribution in [3.8, 4) is 0 Å². The van der Waals surface area contributed by atoms with Crippen LogP contribution in [0, 0.1) is 0 Å². The van der Waals surface area contributed by atoms with Crippen molar-refractivity contribution < 1.29 is 9.53 Å². The smallest absolute Gasteiger partial charge is 0.333 e. The number of halogens is 1. The van der Waals surface area contributed by atoms with Crippen LogP contribution in [0.1, 0.15) is 17.9 Å². The minimum Gasteiger partial charge on any atom is -0.434 e. The number of rotatable bonds is 3. The van der Waals surface area contributed by atoms with Crippen LogP contribution in [0.15, 0.2) is 42.7 Å². The second kappa shape index (κ2) is 5.45. The van der Waals surface area contributed by atoms with E-state index in [0.29, 0.717) is 0 Å². The number of allylic oxidation sites excluding steroid dienone is 1. The average molecular weight is 211 g/mol. The Balaban J connectivity index is 2.66. The number of benzene rings is 1. The zero-order valence-electron chi connectivity index (χ0n) is 7.81. The highest BCUT2D eigenvalue weighted by Crippen LogP contribution is 2.21. The molecule has 0 saturated carbocycles. The molecule has 0 aliphatic rings. The molecular formula is C11H11ClO2. The van der Waals surface area contributed by atoms with E-state index in [0.717, 1.165) is 5.56 Å². The molecule has 0 aromatic heterocycles. The predicted octanol–water partition coefficient (Wildman–Crippen LogP) is 3.04. The van der Waals surface area contributed by atoms with Crippen LogP contribution in [-0.2, 0) is 9.53 Å². The summed E-state index contributed by atoms with van der Waals surface area (Å²) in [6.45, 7) is 1.76. The molecule has 3 heteroatoms. The molecule has 0 bridgehead atoms. The summed E-state index contributed by atoms with van der Waals surface area (Å²) in [6.07, 6.45) is 2.95. The standard InChI is InChI=1S/C11H11ClO2/c1-2-8-14-11(13)10(12)9-6-4-3-5-7-9/h2-8,10H,1H3. The molecule has 0 aliphatic carbocycles. The maximum absolute atomic E-state index is 11.3. The third-order valence-electron chi connectivity index (χ3n) is 1.62. The highest BCUT2D eigenvalue weighted by atomic mass is 35.5. The molecule has 0 heterocycles. The zero-order chi connectivity index (χ0) is 10.4. The Bertz CT molecular complexity index is 319. The van der Waals surface area contributed by atoms with Gasteiger partial charge in [0, 0.05) is 0 Å². The summed E-state index contributed by atoms with van der Waals surface area (Å²) >= 11 is 5.88. The Morgan fingerprint density at radius 1 is 1.43 bits per heavy atom. The average Bonchev–Trinajstić information content (AvgIpc) is 2.26. The van der Waals surface area contributed by atoms with Crippen molar-refractivity contribution >= 4 is 17.6 Å². The maximum Gasteiger partial charge on any atom is 0.333 e. The van der Waals surface area contributed by atoms with Crippen LogP contribution in [0.25, 0.3) is 0 Å². The van der Waals surface area contributed by atoms with E-state index in [2.05, 4.69) is 0 Å². The van der Waals surface area contributed by atoms with Gasteiger partial charge >= 0.3 is 5.97 Å². The molecule has 0 spiro atoms. The van der Waals surface area contributed by atoms with Gasteiger partial charge in [-0.1, -0.05) is 36.4 Å². The van der Waals surface area contributed by atoms with Crippen LogP contribution in [0.5, 0.6) is 0 Å². The number of hydrogen-bond donors (Lipinski definition) is 0. The fourth-order valence-corrected chi connectivity index (χ4v) is 1.15. The van der Waals surface area contributed by atoms with Crippen LogP contribution in [-0.4, -0.2) is 5.97 Å². The van der Waals surface area contributed by atoms with Crippen molar-refractivity contribution in [2.24, 2.45) is 0 Å². The quantitative estimate of drug-likeness (QED) is 0.436. The van der Waals surface area contributed by atoms with Gasteiger partial charge in [-0.05, 0) is 12.5 Å². The van der Waals surface area contributed by atoms with E-state index in [1.165, 1.54) is 6.26 Å². The second-order valence-electron chi connectivity index (χ2n) is 2.68. The van der Waals surface area contributed by atoms with E-state index in [1.54, 1.807) is 25.1 Å². The molecule has 1 aromatic rings. The Morgan fingerprint density at radius 3 is 2.64 bits per heavy atom. The SMILES string of the molecule is CC=COC(=O)C(Cl)c1ccccc1. The zero-order valence-corrected chi connectivity index (χ0v) is 8.57. The highest BCUT2D eigenvalue weighted by Gasteiger charge is 2.17.